The van der Waals surface area contributed by atoms with E-state index in [1.165, 1.54) is 11.8 Å². The molecule has 0 atom stereocenters. The number of hydrogen-bond acceptors (Lipinski definition) is 6. The van der Waals surface area contributed by atoms with Crippen LogP contribution in [0.1, 0.15) is 18.7 Å². The van der Waals surface area contributed by atoms with Crippen LogP contribution < -0.4 is 5.43 Å². The van der Waals surface area contributed by atoms with Gasteiger partial charge in [0, 0.05) is 22.0 Å². The highest BCUT2D eigenvalue weighted by atomic mass is 35.5. The van der Waals surface area contributed by atoms with Gasteiger partial charge in [-0.3, -0.25) is 4.79 Å². The minimum Gasteiger partial charge on any atom is -0.302 e. The maximum atomic E-state index is 12.1. The molecule has 0 saturated heterocycles. The van der Waals surface area contributed by atoms with Crippen LogP contribution in [-0.4, -0.2) is 32.1 Å². The van der Waals surface area contributed by atoms with E-state index in [2.05, 4.69) is 20.7 Å². The van der Waals surface area contributed by atoms with E-state index in [-0.39, 0.29) is 11.7 Å². The van der Waals surface area contributed by atoms with Gasteiger partial charge >= 0.3 is 0 Å². The van der Waals surface area contributed by atoms with Crippen LogP contribution in [0.2, 0.25) is 5.02 Å². The lowest BCUT2D eigenvalue weighted by Gasteiger charge is -2.07. The summed E-state index contributed by atoms with van der Waals surface area (Å²) in [4.78, 5) is 13.1. The third-order valence-corrected chi connectivity index (χ3v) is 5.89. The number of aromatic nitrogens is 3. The van der Waals surface area contributed by atoms with Crippen LogP contribution in [0.5, 0.6) is 0 Å². The number of hydrogen-bond donors (Lipinski definition) is 1. The molecule has 0 fully saturated rings. The number of rotatable bonds is 7. The maximum absolute atomic E-state index is 12.1. The number of nitrogens with one attached hydrogen (secondary N) is 1. The van der Waals surface area contributed by atoms with Crippen molar-refractivity contribution in [1.29, 1.82) is 0 Å². The Bertz CT molecular complexity index is 935. The summed E-state index contributed by atoms with van der Waals surface area (Å²) >= 11 is 8.86. The molecule has 2 heterocycles. The average Bonchev–Trinajstić information content (AvgIpc) is 3.34. The second-order valence-corrected chi connectivity index (χ2v) is 7.88. The van der Waals surface area contributed by atoms with Gasteiger partial charge in [0.05, 0.1) is 11.5 Å². The van der Waals surface area contributed by atoms with Gasteiger partial charge in [0.25, 0.3) is 5.91 Å². The van der Waals surface area contributed by atoms with Crippen molar-refractivity contribution in [3.8, 4) is 11.4 Å². The van der Waals surface area contributed by atoms with Crippen molar-refractivity contribution in [2.45, 2.75) is 25.5 Å². The van der Waals surface area contributed by atoms with Crippen LogP contribution in [0, 0.1) is 0 Å². The van der Waals surface area contributed by atoms with Crippen molar-refractivity contribution < 1.29 is 4.79 Å². The number of halogens is 1. The van der Waals surface area contributed by atoms with Crippen LogP contribution in [0.15, 0.2) is 52.0 Å². The average molecular weight is 420 g/mol. The number of carbonyl (C=O) groups is 1. The Morgan fingerprint density at radius 1 is 1.30 bits per heavy atom. The van der Waals surface area contributed by atoms with E-state index in [0.29, 0.717) is 16.7 Å². The van der Waals surface area contributed by atoms with Gasteiger partial charge in [0.2, 0.25) is 0 Å². The first-order valence-corrected chi connectivity index (χ1v) is 10.5. The van der Waals surface area contributed by atoms with Gasteiger partial charge in [-0.25, -0.2) is 5.43 Å². The van der Waals surface area contributed by atoms with Crippen molar-refractivity contribution in [2.75, 3.05) is 5.75 Å². The fraction of sp³-hybridized carbons (Fsp3) is 0.222. The molecule has 6 nitrogen and oxygen atoms in total. The molecule has 0 spiro atoms. The molecule has 27 heavy (non-hydrogen) atoms. The van der Waals surface area contributed by atoms with Gasteiger partial charge in [0.1, 0.15) is 0 Å². The molecule has 1 aromatic carbocycles. The second kappa shape index (κ2) is 9.16. The molecule has 0 radical (unpaired) electrons. The Morgan fingerprint density at radius 3 is 2.74 bits per heavy atom. The van der Waals surface area contributed by atoms with Crippen LogP contribution in [0.25, 0.3) is 11.4 Å². The first kappa shape index (κ1) is 19.6. The van der Waals surface area contributed by atoms with Crippen LogP contribution in [0.4, 0.5) is 0 Å². The van der Waals surface area contributed by atoms with Gasteiger partial charge in [-0.15, -0.1) is 21.5 Å². The van der Waals surface area contributed by atoms with Crippen LogP contribution >= 0.6 is 34.7 Å². The lowest BCUT2D eigenvalue weighted by molar-refractivity contribution is -0.118. The van der Waals surface area contributed by atoms with E-state index in [0.717, 1.165) is 22.0 Å². The second-order valence-electron chi connectivity index (χ2n) is 5.56. The predicted octanol–water partition coefficient (Wildman–Crippen LogP) is 4.31. The van der Waals surface area contributed by atoms with Gasteiger partial charge in [0.15, 0.2) is 11.0 Å². The Hall–Kier alpha value is -2.16. The van der Waals surface area contributed by atoms with Gasteiger partial charge < -0.3 is 4.57 Å². The molecule has 9 heteroatoms. The first-order chi connectivity index (χ1) is 13.1. The SMILES string of the molecule is CCn1c(SCC(=O)N/N=C(\C)c2cccs2)nnc1-c1ccc(Cl)cc1. The summed E-state index contributed by atoms with van der Waals surface area (Å²) in [5, 5.41) is 16.0. The number of carbonyl (C=O) groups excluding carboxylic acids is 1. The largest absolute Gasteiger partial charge is 0.302 e. The minimum atomic E-state index is -0.186. The molecule has 140 valence electrons. The van der Waals surface area contributed by atoms with Crippen molar-refractivity contribution in [2.24, 2.45) is 5.10 Å². The van der Waals surface area contributed by atoms with Crippen LogP contribution in [0.3, 0.4) is 0 Å². The summed E-state index contributed by atoms with van der Waals surface area (Å²) < 4.78 is 1.97. The molecular formula is C18H18ClN5OS2. The third-order valence-electron chi connectivity index (χ3n) is 3.69. The zero-order valence-corrected chi connectivity index (χ0v) is 17.2. The summed E-state index contributed by atoms with van der Waals surface area (Å²) in [5.74, 6) is 0.776. The molecule has 2 aromatic heterocycles. The Balaban J connectivity index is 1.63. The van der Waals surface area contributed by atoms with E-state index < -0.39 is 0 Å². The summed E-state index contributed by atoms with van der Waals surface area (Å²) in [7, 11) is 0. The molecule has 3 aromatic rings. The summed E-state index contributed by atoms with van der Waals surface area (Å²) in [6.45, 7) is 4.58. The molecular weight excluding hydrogens is 402 g/mol. The fourth-order valence-electron chi connectivity index (χ4n) is 2.34. The zero-order valence-electron chi connectivity index (χ0n) is 14.8. The summed E-state index contributed by atoms with van der Waals surface area (Å²) in [5.41, 5.74) is 4.30. The maximum Gasteiger partial charge on any atom is 0.250 e. The van der Waals surface area contributed by atoms with Crippen molar-refractivity contribution in [3.05, 3.63) is 51.7 Å². The molecule has 0 aliphatic heterocycles. The van der Waals surface area contributed by atoms with Crippen molar-refractivity contribution in [3.63, 3.8) is 0 Å². The topological polar surface area (TPSA) is 72.2 Å². The van der Waals surface area contributed by atoms with E-state index in [9.17, 15) is 4.79 Å². The quantitative estimate of drug-likeness (QED) is 0.352. The highest BCUT2D eigenvalue weighted by Gasteiger charge is 2.14. The minimum absolute atomic E-state index is 0.186. The summed E-state index contributed by atoms with van der Waals surface area (Å²) in [6, 6.07) is 11.4. The number of hydrazone groups is 1. The predicted molar refractivity (Wildman–Crippen MR) is 112 cm³/mol. The Kier molecular flexibility index (Phi) is 6.65. The number of thioether (sulfide) groups is 1. The molecule has 0 saturated carbocycles. The molecule has 0 bridgehead atoms. The van der Waals surface area contributed by atoms with E-state index in [1.54, 1.807) is 11.3 Å². The Morgan fingerprint density at radius 2 is 2.07 bits per heavy atom. The third kappa shape index (κ3) is 4.97. The molecule has 0 aliphatic rings. The number of benzene rings is 1. The summed E-state index contributed by atoms with van der Waals surface area (Å²) in [6.07, 6.45) is 0. The Labute approximate surface area is 170 Å². The molecule has 0 unspecified atom stereocenters. The highest BCUT2D eigenvalue weighted by molar-refractivity contribution is 7.99. The molecule has 3 rings (SSSR count). The fourth-order valence-corrected chi connectivity index (χ4v) is 3.94. The lowest BCUT2D eigenvalue weighted by atomic mass is 10.2. The lowest BCUT2D eigenvalue weighted by Crippen LogP contribution is -2.21. The zero-order chi connectivity index (χ0) is 19.2. The number of nitrogens with zero attached hydrogens (tertiary/aromatic N) is 4. The van der Waals surface area contributed by atoms with Crippen molar-refractivity contribution in [1.82, 2.24) is 20.2 Å². The number of amides is 1. The van der Waals surface area contributed by atoms with Crippen LogP contribution in [-0.2, 0) is 11.3 Å². The normalized spacial score (nSPS) is 11.6. The smallest absolute Gasteiger partial charge is 0.250 e. The molecule has 1 amide bonds. The standard InChI is InChI=1S/C18H18ClN5OS2/c1-3-24-17(13-6-8-14(19)9-7-13)22-23-18(24)27-11-16(25)21-20-12(2)15-5-4-10-26-15/h4-10H,3,11H2,1-2H3,(H,21,25)/b20-12+. The number of thiophene rings is 1. The van der Waals surface area contributed by atoms with Crippen molar-refractivity contribution >= 4 is 46.3 Å². The molecule has 1 N–H and O–H groups in total. The molecule has 0 aliphatic carbocycles. The van der Waals surface area contributed by atoms with Gasteiger partial charge in [-0.1, -0.05) is 29.4 Å². The highest BCUT2D eigenvalue weighted by Crippen LogP contribution is 2.25. The van der Waals surface area contributed by atoms with E-state index >= 15 is 0 Å². The monoisotopic (exact) mass is 419 g/mol. The van der Waals surface area contributed by atoms with Gasteiger partial charge in [-0.2, -0.15) is 5.10 Å². The van der Waals surface area contributed by atoms with E-state index in [4.69, 9.17) is 11.6 Å². The first-order valence-electron chi connectivity index (χ1n) is 8.27. The van der Waals surface area contributed by atoms with E-state index in [1.807, 2.05) is 60.2 Å². The van der Waals surface area contributed by atoms with Gasteiger partial charge in [-0.05, 0) is 49.6 Å².